The SMILES string of the molecule is [SiH3]O[Si](O[SiH2]CCC1CCC2OC2C1)(c1ccccc1)c1ccccc1. The molecule has 0 bridgehead atoms. The van der Waals surface area contributed by atoms with E-state index < -0.39 is 18.3 Å². The maximum Gasteiger partial charge on any atom is 0.385 e. The molecule has 3 unspecified atom stereocenters. The Hall–Kier alpha value is -1.03. The molecule has 1 saturated carbocycles. The molecule has 0 spiro atoms. The van der Waals surface area contributed by atoms with E-state index in [4.69, 9.17) is 13.0 Å². The van der Waals surface area contributed by atoms with Gasteiger partial charge >= 0.3 is 8.56 Å². The summed E-state index contributed by atoms with van der Waals surface area (Å²) in [7, 11) is -2.45. The van der Waals surface area contributed by atoms with Gasteiger partial charge in [0.2, 0.25) is 0 Å². The number of hydrogen-bond donors (Lipinski definition) is 0. The molecule has 6 heteroatoms. The van der Waals surface area contributed by atoms with Crippen molar-refractivity contribution in [2.75, 3.05) is 0 Å². The molecular formula is C20H28O3Si3. The molecule has 138 valence electrons. The second kappa shape index (κ2) is 8.33. The zero-order chi connectivity index (χ0) is 17.8. The average Bonchev–Trinajstić information content (AvgIpc) is 3.49. The average molecular weight is 401 g/mol. The molecule has 2 fully saturated rings. The molecular weight excluding hydrogens is 372 g/mol. The summed E-state index contributed by atoms with van der Waals surface area (Å²) >= 11 is 0. The lowest BCUT2D eigenvalue weighted by Gasteiger charge is -2.31. The Morgan fingerprint density at radius 2 is 1.62 bits per heavy atom. The maximum atomic E-state index is 6.74. The smallest absolute Gasteiger partial charge is 0.385 e. The molecule has 4 rings (SSSR count). The van der Waals surface area contributed by atoms with Crippen molar-refractivity contribution >= 4 is 39.2 Å². The Balaban J connectivity index is 1.43. The van der Waals surface area contributed by atoms with Crippen molar-refractivity contribution in [3.63, 3.8) is 0 Å². The summed E-state index contributed by atoms with van der Waals surface area (Å²) in [5.74, 6) is 0.844. The first-order valence-electron chi connectivity index (χ1n) is 9.77. The molecule has 2 aromatic rings. The fourth-order valence-electron chi connectivity index (χ4n) is 4.28. The third-order valence-electron chi connectivity index (χ3n) is 5.77. The fourth-order valence-corrected chi connectivity index (χ4v) is 13.1. The molecule has 1 aliphatic carbocycles. The van der Waals surface area contributed by atoms with E-state index in [0.29, 0.717) is 22.7 Å². The van der Waals surface area contributed by atoms with Crippen LogP contribution >= 0.6 is 0 Å². The Bertz CT molecular complexity index is 658. The molecule has 26 heavy (non-hydrogen) atoms. The molecule has 0 amide bonds. The largest absolute Gasteiger partial charge is 0.439 e. The van der Waals surface area contributed by atoms with E-state index in [-0.39, 0.29) is 0 Å². The minimum Gasteiger partial charge on any atom is -0.439 e. The number of ether oxygens (including phenoxy) is 1. The summed E-state index contributed by atoms with van der Waals surface area (Å²) in [6, 6.07) is 22.5. The van der Waals surface area contributed by atoms with Crippen LogP contribution in [0, 0.1) is 5.92 Å². The van der Waals surface area contributed by atoms with E-state index in [1.165, 1.54) is 42.1 Å². The van der Waals surface area contributed by atoms with Gasteiger partial charge in [-0.3, -0.25) is 0 Å². The first-order chi connectivity index (χ1) is 12.8. The lowest BCUT2D eigenvalue weighted by molar-refractivity contribution is 0.355. The maximum absolute atomic E-state index is 6.74. The summed E-state index contributed by atoms with van der Waals surface area (Å²) in [4.78, 5) is 0. The molecule has 3 atom stereocenters. The van der Waals surface area contributed by atoms with E-state index in [1.54, 1.807) is 0 Å². The van der Waals surface area contributed by atoms with Crippen LogP contribution in [-0.4, -0.2) is 41.0 Å². The van der Waals surface area contributed by atoms with Crippen molar-refractivity contribution in [2.45, 2.75) is 43.9 Å². The van der Waals surface area contributed by atoms with Crippen molar-refractivity contribution in [2.24, 2.45) is 5.92 Å². The Kier molecular flexibility index (Phi) is 5.87. The molecule has 0 radical (unpaired) electrons. The van der Waals surface area contributed by atoms with Gasteiger partial charge in [-0.25, -0.2) is 0 Å². The molecule has 2 aromatic carbocycles. The van der Waals surface area contributed by atoms with Gasteiger partial charge < -0.3 is 13.0 Å². The highest BCUT2D eigenvalue weighted by Gasteiger charge is 2.44. The third-order valence-corrected chi connectivity index (χ3v) is 13.4. The topological polar surface area (TPSA) is 31.0 Å². The van der Waals surface area contributed by atoms with Gasteiger partial charge in [0.1, 0.15) is 20.2 Å². The van der Waals surface area contributed by atoms with Crippen LogP contribution in [0.3, 0.4) is 0 Å². The number of rotatable bonds is 8. The molecule has 1 aliphatic heterocycles. The van der Waals surface area contributed by atoms with Crippen molar-refractivity contribution in [1.29, 1.82) is 0 Å². The highest BCUT2D eigenvalue weighted by Crippen LogP contribution is 2.40. The predicted octanol–water partition coefficient (Wildman–Crippen LogP) is 1.02. The summed E-state index contributed by atoms with van der Waals surface area (Å²) in [5.41, 5.74) is 0. The lowest BCUT2D eigenvalue weighted by atomic mass is 9.88. The van der Waals surface area contributed by atoms with Crippen LogP contribution in [0.2, 0.25) is 6.04 Å². The van der Waals surface area contributed by atoms with Crippen molar-refractivity contribution < 1.29 is 13.0 Å². The molecule has 2 aliphatic rings. The van der Waals surface area contributed by atoms with Crippen LogP contribution < -0.4 is 10.4 Å². The normalized spacial score (nSPS) is 25.5. The van der Waals surface area contributed by atoms with Crippen LogP contribution in [0.25, 0.3) is 0 Å². The number of epoxide rings is 1. The standard InChI is InChI=1S/C20H28O3Si3/c24-22-26(17-7-3-1-4-8-17,18-9-5-2-6-10-18)23-25-14-13-16-11-12-19-20(15-16)21-19/h1-10,16,19-20H,11-15,25H2,24H3. The summed E-state index contributed by atoms with van der Waals surface area (Å²) in [6.45, 7) is 0. The third kappa shape index (κ3) is 3.95. The minimum atomic E-state index is -2.51. The van der Waals surface area contributed by atoms with Gasteiger partial charge in [0, 0.05) is 0 Å². The zero-order valence-corrected chi connectivity index (χ0v) is 19.9. The summed E-state index contributed by atoms with van der Waals surface area (Å²) in [6.07, 6.45) is 6.38. The van der Waals surface area contributed by atoms with Gasteiger partial charge in [-0.1, -0.05) is 67.1 Å². The van der Waals surface area contributed by atoms with E-state index in [2.05, 4.69) is 60.7 Å². The van der Waals surface area contributed by atoms with Gasteiger partial charge in [0.25, 0.3) is 0 Å². The number of benzene rings is 2. The van der Waals surface area contributed by atoms with Crippen molar-refractivity contribution in [1.82, 2.24) is 0 Å². The van der Waals surface area contributed by atoms with Gasteiger partial charge in [0.15, 0.2) is 0 Å². The highest BCUT2D eigenvalue weighted by atomic mass is 28.4. The number of fused-ring (bicyclic) bond motifs is 1. The molecule has 1 saturated heterocycles. The first-order valence-corrected chi connectivity index (χ1v) is 14.0. The van der Waals surface area contributed by atoms with E-state index in [0.717, 1.165) is 5.92 Å². The summed E-state index contributed by atoms with van der Waals surface area (Å²) in [5, 5.41) is 2.47. The van der Waals surface area contributed by atoms with E-state index >= 15 is 0 Å². The van der Waals surface area contributed by atoms with Crippen LogP contribution in [0.4, 0.5) is 0 Å². The van der Waals surface area contributed by atoms with Crippen molar-refractivity contribution in [3.05, 3.63) is 60.7 Å². The van der Waals surface area contributed by atoms with Crippen LogP contribution in [0.15, 0.2) is 60.7 Å². The van der Waals surface area contributed by atoms with Crippen LogP contribution in [0.1, 0.15) is 25.7 Å². The van der Waals surface area contributed by atoms with Crippen molar-refractivity contribution in [3.8, 4) is 0 Å². The predicted molar refractivity (Wildman–Crippen MR) is 114 cm³/mol. The Labute approximate surface area is 162 Å². The van der Waals surface area contributed by atoms with E-state index in [1.807, 2.05) is 0 Å². The van der Waals surface area contributed by atoms with Gasteiger partial charge in [-0.2, -0.15) is 0 Å². The summed E-state index contributed by atoms with van der Waals surface area (Å²) < 4.78 is 18.7. The molecule has 0 aromatic heterocycles. The lowest BCUT2D eigenvalue weighted by Crippen LogP contribution is -2.63. The fraction of sp³-hybridized carbons (Fsp3) is 0.400. The second-order valence-corrected chi connectivity index (χ2v) is 13.7. The monoisotopic (exact) mass is 400 g/mol. The van der Waals surface area contributed by atoms with Crippen LogP contribution in [0.5, 0.6) is 0 Å². The zero-order valence-electron chi connectivity index (χ0n) is 15.5. The molecule has 3 nitrogen and oxygen atoms in total. The Morgan fingerprint density at radius 3 is 2.19 bits per heavy atom. The van der Waals surface area contributed by atoms with E-state index in [9.17, 15) is 0 Å². The molecule has 0 N–H and O–H groups in total. The van der Waals surface area contributed by atoms with Gasteiger partial charge in [-0.15, -0.1) is 0 Å². The minimum absolute atomic E-state index is 0.586. The van der Waals surface area contributed by atoms with Gasteiger partial charge in [0.05, 0.1) is 12.2 Å². The highest BCUT2D eigenvalue weighted by molar-refractivity contribution is 6.96. The van der Waals surface area contributed by atoms with Gasteiger partial charge in [-0.05, 0) is 41.6 Å². The second-order valence-electron chi connectivity index (χ2n) is 7.44. The quantitative estimate of drug-likeness (QED) is 0.377. The Morgan fingerprint density at radius 1 is 0.962 bits per heavy atom. The van der Waals surface area contributed by atoms with Crippen LogP contribution in [-0.2, 0) is 13.0 Å². The molecule has 1 heterocycles. The number of hydrogen-bond acceptors (Lipinski definition) is 3. The first kappa shape index (κ1) is 18.3.